The number of nitrogens with zero attached hydrogens (tertiary/aromatic N) is 2. The summed E-state index contributed by atoms with van der Waals surface area (Å²) in [5.41, 5.74) is 1.40. The first-order valence-electron chi connectivity index (χ1n) is 8.55. The van der Waals surface area contributed by atoms with Crippen molar-refractivity contribution in [1.29, 1.82) is 0 Å². The van der Waals surface area contributed by atoms with Gasteiger partial charge in [0.15, 0.2) is 11.6 Å². The summed E-state index contributed by atoms with van der Waals surface area (Å²) in [4.78, 5) is 21.5. The van der Waals surface area contributed by atoms with Crippen LogP contribution in [0.3, 0.4) is 0 Å². The van der Waals surface area contributed by atoms with E-state index < -0.39 is 17.5 Å². The van der Waals surface area contributed by atoms with Gasteiger partial charge in [-0.2, -0.15) is 0 Å². The van der Waals surface area contributed by atoms with Gasteiger partial charge in [-0.1, -0.05) is 30.3 Å². The molecular weight excluding hydrogens is 355 g/mol. The zero-order valence-corrected chi connectivity index (χ0v) is 14.3. The molecule has 138 valence electrons. The molecule has 4 rings (SSSR count). The van der Waals surface area contributed by atoms with Crippen molar-refractivity contribution < 1.29 is 13.2 Å². The maximum atomic E-state index is 14.0. The molecule has 0 saturated heterocycles. The number of rotatable bonds is 3. The Kier molecular flexibility index (Phi) is 4.53. The molecular formula is C20H16F3N3O. The Morgan fingerprint density at radius 1 is 1.04 bits per heavy atom. The molecule has 0 spiro atoms. The number of aromatic nitrogens is 2. The molecule has 1 N–H and O–H groups in total. The van der Waals surface area contributed by atoms with Gasteiger partial charge < -0.3 is 4.98 Å². The average Bonchev–Trinajstić information content (AvgIpc) is 2.68. The van der Waals surface area contributed by atoms with E-state index in [0.717, 1.165) is 17.7 Å². The Balaban J connectivity index is 1.64. The third-order valence-electron chi connectivity index (χ3n) is 4.72. The average molecular weight is 371 g/mol. The van der Waals surface area contributed by atoms with Gasteiger partial charge in [0.05, 0.1) is 5.69 Å². The molecule has 0 bridgehead atoms. The molecule has 0 fully saturated rings. The Bertz CT molecular complexity index is 1050. The number of hydrogen-bond donors (Lipinski definition) is 1. The SMILES string of the molecule is O=c1[nH]c(-c2ccccc2)nc2c1CCN(Cc1c(F)ccc(F)c1F)C2. The third kappa shape index (κ3) is 3.38. The van der Waals surface area contributed by atoms with Crippen LogP contribution in [0.1, 0.15) is 16.8 Å². The van der Waals surface area contributed by atoms with E-state index in [9.17, 15) is 18.0 Å². The van der Waals surface area contributed by atoms with E-state index in [1.165, 1.54) is 0 Å². The first-order valence-corrected chi connectivity index (χ1v) is 8.55. The summed E-state index contributed by atoms with van der Waals surface area (Å²) >= 11 is 0. The van der Waals surface area contributed by atoms with E-state index in [0.29, 0.717) is 30.0 Å². The lowest BCUT2D eigenvalue weighted by Gasteiger charge is -2.28. The van der Waals surface area contributed by atoms with E-state index in [1.807, 2.05) is 30.3 Å². The molecule has 27 heavy (non-hydrogen) atoms. The van der Waals surface area contributed by atoms with Crippen LogP contribution in [0.4, 0.5) is 13.2 Å². The van der Waals surface area contributed by atoms with Crippen molar-refractivity contribution in [2.24, 2.45) is 0 Å². The Morgan fingerprint density at radius 3 is 2.56 bits per heavy atom. The Labute approximate surface area is 153 Å². The highest BCUT2D eigenvalue weighted by Crippen LogP contribution is 2.23. The van der Waals surface area contributed by atoms with Crippen LogP contribution in [0.5, 0.6) is 0 Å². The van der Waals surface area contributed by atoms with Gasteiger partial charge >= 0.3 is 0 Å². The van der Waals surface area contributed by atoms with Gasteiger partial charge in [-0.15, -0.1) is 0 Å². The van der Waals surface area contributed by atoms with Crippen molar-refractivity contribution in [2.75, 3.05) is 6.54 Å². The molecule has 1 aliphatic rings. The van der Waals surface area contributed by atoms with Crippen LogP contribution in [0.15, 0.2) is 47.3 Å². The minimum Gasteiger partial charge on any atom is -0.306 e. The smallest absolute Gasteiger partial charge is 0.254 e. The fourth-order valence-corrected chi connectivity index (χ4v) is 3.30. The van der Waals surface area contributed by atoms with Crippen molar-refractivity contribution in [3.63, 3.8) is 0 Å². The molecule has 0 amide bonds. The second-order valence-corrected chi connectivity index (χ2v) is 6.49. The number of halogens is 3. The van der Waals surface area contributed by atoms with Gasteiger partial charge in [0, 0.05) is 36.3 Å². The zero-order valence-electron chi connectivity index (χ0n) is 14.3. The number of benzene rings is 2. The molecule has 2 heterocycles. The first-order chi connectivity index (χ1) is 13.0. The fourth-order valence-electron chi connectivity index (χ4n) is 3.30. The van der Waals surface area contributed by atoms with Gasteiger partial charge in [-0.05, 0) is 18.6 Å². The van der Waals surface area contributed by atoms with E-state index in [2.05, 4.69) is 9.97 Å². The van der Waals surface area contributed by atoms with Crippen LogP contribution in [0.25, 0.3) is 11.4 Å². The van der Waals surface area contributed by atoms with Gasteiger partial charge in [0.25, 0.3) is 5.56 Å². The molecule has 2 aromatic carbocycles. The summed E-state index contributed by atoms with van der Waals surface area (Å²) < 4.78 is 41.3. The summed E-state index contributed by atoms with van der Waals surface area (Å²) in [6.07, 6.45) is 0.408. The first kappa shape index (κ1) is 17.5. The number of fused-ring (bicyclic) bond motifs is 1. The molecule has 0 aliphatic carbocycles. The van der Waals surface area contributed by atoms with Crippen molar-refractivity contribution in [1.82, 2.24) is 14.9 Å². The summed E-state index contributed by atoms with van der Waals surface area (Å²) in [5, 5.41) is 0. The highest BCUT2D eigenvalue weighted by atomic mass is 19.2. The standard InChI is InChI=1S/C20H16F3N3O/c21-15-6-7-16(22)18(23)14(15)10-26-9-8-13-17(11-26)24-19(25-20(13)27)12-4-2-1-3-5-12/h1-7H,8-11H2,(H,24,25,27). The molecule has 1 aromatic heterocycles. The normalized spacial score (nSPS) is 14.2. The van der Waals surface area contributed by atoms with Crippen molar-refractivity contribution >= 4 is 0 Å². The van der Waals surface area contributed by atoms with Gasteiger partial charge in [-0.25, -0.2) is 18.2 Å². The van der Waals surface area contributed by atoms with E-state index >= 15 is 0 Å². The predicted molar refractivity (Wildman–Crippen MR) is 94.4 cm³/mol. The monoisotopic (exact) mass is 371 g/mol. The number of hydrogen-bond acceptors (Lipinski definition) is 3. The van der Waals surface area contributed by atoms with E-state index in [4.69, 9.17) is 0 Å². The van der Waals surface area contributed by atoms with Crippen LogP contribution in [0.2, 0.25) is 0 Å². The zero-order chi connectivity index (χ0) is 19.0. The predicted octanol–water partition coefficient (Wildman–Crippen LogP) is 3.41. The van der Waals surface area contributed by atoms with Crippen LogP contribution >= 0.6 is 0 Å². The fraction of sp³-hybridized carbons (Fsp3) is 0.200. The Hall–Kier alpha value is -2.93. The maximum Gasteiger partial charge on any atom is 0.254 e. The van der Waals surface area contributed by atoms with Crippen LogP contribution in [-0.2, 0) is 19.5 Å². The second kappa shape index (κ2) is 7.00. The van der Waals surface area contributed by atoms with E-state index in [1.54, 1.807) is 4.90 Å². The largest absolute Gasteiger partial charge is 0.306 e. The van der Waals surface area contributed by atoms with Crippen molar-refractivity contribution in [2.45, 2.75) is 19.5 Å². The number of nitrogens with one attached hydrogen (secondary N) is 1. The minimum atomic E-state index is -1.18. The summed E-state index contributed by atoms with van der Waals surface area (Å²) in [5.74, 6) is -2.60. The lowest BCUT2D eigenvalue weighted by atomic mass is 10.0. The number of H-pyrrole nitrogens is 1. The summed E-state index contributed by atoms with van der Waals surface area (Å²) in [6, 6.07) is 10.9. The molecule has 7 heteroatoms. The summed E-state index contributed by atoms with van der Waals surface area (Å²) in [7, 11) is 0. The minimum absolute atomic E-state index is 0.0932. The number of aromatic amines is 1. The van der Waals surface area contributed by atoms with Gasteiger partial charge in [0.2, 0.25) is 0 Å². The Morgan fingerprint density at radius 2 is 1.78 bits per heavy atom. The molecule has 4 nitrogen and oxygen atoms in total. The molecule has 0 saturated carbocycles. The lowest BCUT2D eigenvalue weighted by Crippen LogP contribution is -2.35. The van der Waals surface area contributed by atoms with Crippen molar-refractivity contribution in [3.05, 3.63) is 87.1 Å². The highest BCUT2D eigenvalue weighted by Gasteiger charge is 2.24. The molecule has 0 atom stereocenters. The third-order valence-corrected chi connectivity index (χ3v) is 4.72. The van der Waals surface area contributed by atoms with Gasteiger partial charge in [-0.3, -0.25) is 9.69 Å². The topological polar surface area (TPSA) is 49.0 Å². The lowest BCUT2D eigenvalue weighted by molar-refractivity contribution is 0.232. The second-order valence-electron chi connectivity index (χ2n) is 6.49. The highest BCUT2D eigenvalue weighted by molar-refractivity contribution is 5.54. The molecule has 1 aliphatic heterocycles. The molecule has 0 radical (unpaired) electrons. The molecule has 3 aromatic rings. The van der Waals surface area contributed by atoms with Crippen LogP contribution in [-0.4, -0.2) is 21.4 Å². The van der Waals surface area contributed by atoms with Crippen molar-refractivity contribution in [3.8, 4) is 11.4 Å². The van der Waals surface area contributed by atoms with Gasteiger partial charge in [0.1, 0.15) is 11.6 Å². The maximum absolute atomic E-state index is 14.0. The molecule has 0 unspecified atom stereocenters. The quantitative estimate of drug-likeness (QED) is 0.718. The van der Waals surface area contributed by atoms with Crippen LogP contribution in [0, 0.1) is 17.5 Å². The summed E-state index contributed by atoms with van der Waals surface area (Å²) in [6.45, 7) is 0.594. The van der Waals surface area contributed by atoms with Crippen LogP contribution < -0.4 is 5.56 Å². The van der Waals surface area contributed by atoms with E-state index in [-0.39, 0.29) is 24.2 Å².